The first-order valence-corrected chi connectivity index (χ1v) is 3.88. The van der Waals surface area contributed by atoms with E-state index in [-0.39, 0.29) is 0 Å². The third-order valence-corrected chi connectivity index (χ3v) is 3.68. The molecule has 3 rings (SSSR count). The summed E-state index contributed by atoms with van der Waals surface area (Å²) in [5, 5.41) is 0. The standard InChI is InChI=1S/C8H12/c1-4-5-2-7(5)8-3-6(4)8/h4-8H,2-3H2,1H3/t4?,5-,6+,7?,8?. The van der Waals surface area contributed by atoms with Crippen LogP contribution in [0.4, 0.5) is 0 Å². The van der Waals surface area contributed by atoms with E-state index in [0.717, 1.165) is 5.92 Å². The summed E-state index contributed by atoms with van der Waals surface area (Å²) in [6.07, 6.45) is 3.20. The van der Waals surface area contributed by atoms with Crippen LogP contribution in [0.15, 0.2) is 0 Å². The van der Waals surface area contributed by atoms with Gasteiger partial charge in [0.15, 0.2) is 0 Å². The fourth-order valence-corrected chi connectivity index (χ4v) is 2.98. The predicted octanol–water partition coefficient (Wildman–Crippen LogP) is 1.91. The van der Waals surface area contributed by atoms with Gasteiger partial charge in [0.1, 0.15) is 0 Å². The molecular formula is C8H12. The van der Waals surface area contributed by atoms with E-state index in [9.17, 15) is 0 Å². The number of hydrogen-bond donors (Lipinski definition) is 0. The largest absolute Gasteiger partial charge is 0.0620 e. The average Bonchev–Trinajstić information content (AvgIpc) is 2.58. The Hall–Kier alpha value is 0. The summed E-state index contributed by atoms with van der Waals surface area (Å²) < 4.78 is 0. The summed E-state index contributed by atoms with van der Waals surface area (Å²) in [5.74, 6) is 6.01. The Morgan fingerprint density at radius 1 is 0.875 bits per heavy atom. The van der Waals surface area contributed by atoms with Crippen LogP contribution in [0, 0.1) is 29.6 Å². The van der Waals surface area contributed by atoms with Gasteiger partial charge < -0.3 is 0 Å². The van der Waals surface area contributed by atoms with Crippen LogP contribution in [-0.4, -0.2) is 0 Å². The predicted molar refractivity (Wildman–Crippen MR) is 32.4 cm³/mol. The van der Waals surface area contributed by atoms with Crippen molar-refractivity contribution >= 4 is 0 Å². The summed E-state index contributed by atoms with van der Waals surface area (Å²) in [7, 11) is 0. The van der Waals surface area contributed by atoms with Gasteiger partial charge in [-0.1, -0.05) is 6.92 Å². The van der Waals surface area contributed by atoms with Crippen LogP contribution < -0.4 is 0 Å². The zero-order valence-electron chi connectivity index (χ0n) is 5.30. The second-order valence-electron chi connectivity index (χ2n) is 3.99. The highest BCUT2D eigenvalue weighted by molar-refractivity contribution is 5.13. The minimum Gasteiger partial charge on any atom is -0.0620 e. The smallest absolute Gasteiger partial charge is 0.0349 e. The Kier molecular flexibility index (Phi) is 0.427. The molecule has 0 radical (unpaired) electrons. The van der Waals surface area contributed by atoms with Crippen LogP contribution in [0.3, 0.4) is 0 Å². The second-order valence-corrected chi connectivity index (χ2v) is 3.99. The molecule has 0 heterocycles. The van der Waals surface area contributed by atoms with Crippen LogP contribution in [0.1, 0.15) is 19.8 Å². The first-order valence-electron chi connectivity index (χ1n) is 3.88. The molecule has 0 saturated heterocycles. The molecule has 0 N–H and O–H groups in total. The molecule has 3 unspecified atom stereocenters. The van der Waals surface area contributed by atoms with Crippen LogP contribution in [0.5, 0.6) is 0 Å². The topological polar surface area (TPSA) is 0 Å². The van der Waals surface area contributed by atoms with Gasteiger partial charge in [-0.3, -0.25) is 0 Å². The molecule has 3 aliphatic carbocycles. The SMILES string of the molecule is CC1[C@@H]2CC2C2C[C@@H]21. The van der Waals surface area contributed by atoms with Crippen molar-refractivity contribution in [3.05, 3.63) is 0 Å². The van der Waals surface area contributed by atoms with E-state index in [2.05, 4.69) is 6.92 Å². The zero-order chi connectivity index (χ0) is 5.30. The highest BCUT2D eigenvalue weighted by Gasteiger charge is 2.65. The van der Waals surface area contributed by atoms with Crippen molar-refractivity contribution in [2.45, 2.75) is 19.8 Å². The van der Waals surface area contributed by atoms with Gasteiger partial charge in [0.2, 0.25) is 0 Å². The average molecular weight is 108 g/mol. The molecule has 0 aromatic carbocycles. The van der Waals surface area contributed by atoms with Crippen LogP contribution >= 0.6 is 0 Å². The Balaban J connectivity index is 1.99. The maximum atomic E-state index is 2.46. The van der Waals surface area contributed by atoms with Crippen molar-refractivity contribution in [2.24, 2.45) is 29.6 Å². The summed E-state index contributed by atoms with van der Waals surface area (Å²) in [5.41, 5.74) is 0. The molecule has 0 aromatic heterocycles. The quantitative estimate of drug-likeness (QED) is 0.444. The fraction of sp³-hybridized carbons (Fsp3) is 1.00. The Labute approximate surface area is 50.3 Å². The number of rotatable bonds is 0. The molecule has 3 aliphatic rings. The molecule has 0 amide bonds. The lowest BCUT2D eigenvalue weighted by atomic mass is 10.0. The monoisotopic (exact) mass is 108 g/mol. The van der Waals surface area contributed by atoms with E-state index in [1.165, 1.54) is 23.7 Å². The summed E-state index contributed by atoms with van der Waals surface area (Å²) >= 11 is 0. The van der Waals surface area contributed by atoms with Gasteiger partial charge in [-0.2, -0.15) is 0 Å². The van der Waals surface area contributed by atoms with E-state index in [1.807, 2.05) is 0 Å². The van der Waals surface area contributed by atoms with Gasteiger partial charge in [0.25, 0.3) is 0 Å². The molecule has 3 fully saturated rings. The van der Waals surface area contributed by atoms with Crippen LogP contribution in [0.2, 0.25) is 0 Å². The third-order valence-electron chi connectivity index (χ3n) is 3.68. The zero-order valence-corrected chi connectivity index (χ0v) is 5.30. The first kappa shape index (κ1) is 3.92. The first-order chi connectivity index (χ1) is 3.88. The minimum absolute atomic E-state index is 1.13. The molecule has 0 heteroatoms. The van der Waals surface area contributed by atoms with Gasteiger partial charge in [-0.05, 0) is 42.4 Å². The van der Waals surface area contributed by atoms with Crippen molar-refractivity contribution < 1.29 is 0 Å². The summed E-state index contributed by atoms with van der Waals surface area (Å²) in [4.78, 5) is 0. The molecule has 0 aliphatic heterocycles. The van der Waals surface area contributed by atoms with Crippen LogP contribution in [0.25, 0.3) is 0 Å². The molecule has 0 spiro atoms. The van der Waals surface area contributed by atoms with Crippen molar-refractivity contribution in [3.63, 3.8) is 0 Å². The minimum atomic E-state index is 1.13. The van der Waals surface area contributed by atoms with Gasteiger partial charge in [-0.15, -0.1) is 0 Å². The van der Waals surface area contributed by atoms with Crippen molar-refractivity contribution in [1.29, 1.82) is 0 Å². The molecule has 44 valence electrons. The van der Waals surface area contributed by atoms with Crippen molar-refractivity contribution in [3.8, 4) is 0 Å². The lowest BCUT2D eigenvalue weighted by Gasteiger charge is -2.01. The van der Waals surface area contributed by atoms with Gasteiger partial charge in [0, 0.05) is 0 Å². The third kappa shape index (κ3) is 0.260. The van der Waals surface area contributed by atoms with E-state index in [4.69, 9.17) is 0 Å². The Morgan fingerprint density at radius 3 is 1.62 bits per heavy atom. The van der Waals surface area contributed by atoms with Crippen molar-refractivity contribution in [1.82, 2.24) is 0 Å². The maximum absolute atomic E-state index is 2.46. The molecular weight excluding hydrogens is 96.1 g/mol. The highest BCUT2D eigenvalue weighted by Crippen LogP contribution is 2.72. The number of hydrogen-bond acceptors (Lipinski definition) is 0. The fourth-order valence-electron chi connectivity index (χ4n) is 2.98. The van der Waals surface area contributed by atoms with Gasteiger partial charge in [0.05, 0.1) is 0 Å². The second kappa shape index (κ2) is 0.872. The van der Waals surface area contributed by atoms with E-state index < -0.39 is 0 Å². The molecule has 5 atom stereocenters. The summed E-state index contributed by atoms with van der Waals surface area (Å²) in [6, 6.07) is 0. The van der Waals surface area contributed by atoms with Gasteiger partial charge >= 0.3 is 0 Å². The lowest BCUT2D eigenvalue weighted by Crippen LogP contribution is -1.95. The Bertz CT molecular complexity index is 113. The van der Waals surface area contributed by atoms with Crippen molar-refractivity contribution in [2.75, 3.05) is 0 Å². The Morgan fingerprint density at radius 2 is 1.38 bits per heavy atom. The molecule has 3 saturated carbocycles. The van der Waals surface area contributed by atoms with E-state index >= 15 is 0 Å². The van der Waals surface area contributed by atoms with Crippen LogP contribution in [-0.2, 0) is 0 Å². The van der Waals surface area contributed by atoms with Gasteiger partial charge in [-0.25, -0.2) is 0 Å². The highest BCUT2D eigenvalue weighted by atomic mass is 14.7. The summed E-state index contributed by atoms with van der Waals surface area (Å²) in [6.45, 7) is 2.46. The lowest BCUT2D eigenvalue weighted by molar-refractivity contribution is 0.474. The maximum Gasteiger partial charge on any atom is -0.0349 e. The molecule has 0 nitrogen and oxygen atoms in total. The molecule has 0 bridgehead atoms. The normalized spacial score (nSPS) is 73.9. The van der Waals surface area contributed by atoms with E-state index in [1.54, 1.807) is 12.8 Å². The van der Waals surface area contributed by atoms with E-state index in [0.29, 0.717) is 0 Å². The molecule has 0 aromatic rings. The number of fused-ring (bicyclic) bond motifs is 3. The molecule has 8 heavy (non-hydrogen) atoms.